The van der Waals surface area contributed by atoms with Crippen LogP contribution in [-0.4, -0.2) is 24.9 Å². The molecule has 0 fully saturated rings. The smallest absolute Gasteiger partial charge is 0.251 e. The average molecular weight is 326 g/mol. The fourth-order valence-electron chi connectivity index (χ4n) is 2.91. The number of carbonyl (C=O) groups excluding carboxylic acids is 2. The fourth-order valence-corrected chi connectivity index (χ4v) is 2.91. The quantitative estimate of drug-likeness (QED) is 0.939. The first-order valence-electron chi connectivity index (χ1n) is 8.07. The van der Waals surface area contributed by atoms with Gasteiger partial charge in [0.1, 0.15) is 5.82 Å². The van der Waals surface area contributed by atoms with Crippen molar-refractivity contribution in [3.8, 4) is 0 Å². The van der Waals surface area contributed by atoms with Crippen molar-refractivity contribution in [2.24, 2.45) is 0 Å². The highest BCUT2D eigenvalue weighted by molar-refractivity contribution is 5.96. The van der Waals surface area contributed by atoms with Gasteiger partial charge in [-0.3, -0.25) is 9.59 Å². The van der Waals surface area contributed by atoms with E-state index in [0.717, 1.165) is 18.5 Å². The summed E-state index contributed by atoms with van der Waals surface area (Å²) in [4.78, 5) is 26.2. The van der Waals surface area contributed by atoms with Crippen LogP contribution in [0.5, 0.6) is 0 Å². The van der Waals surface area contributed by atoms with E-state index in [0.29, 0.717) is 12.1 Å². The van der Waals surface area contributed by atoms with E-state index in [-0.39, 0.29) is 30.6 Å². The number of rotatable bonds is 4. The number of halogens is 1. The molecule has 4 nitrogen and oxygen atoms in total. The van der Waals surface area contributed by atoms with Gasteiger partial charge in [-0.15, -0.1) is 0 Å². The van der Waals surface area contributed by atoms with Crippen LogP contribution in [0.4, 0.5) is 10.1 Å². The van der Waals surface area contributed by atoms with E-state index in [1.807, 2.05) is 24.3 Å². The third kappa shape index (κ3) is 3.62. The molecule has 0 saturated carbocycles. The second kappa shape index (κ2) is 7.25. The molecule has 0 aromatic heterocycles. The normalized spacial score (nSPS) is 13.3. The van der Waals surface area contributed by atoms with E-state index in [9.17, 15) is 14.0 Å². The van der Waals surface area contributed by atoms with Crippen LogP contribution in [0.3, 0.4) is 0 Å². The van der Waals surface area contributed by atoms with Gasteiger partial charge in [0.2, 0.25) is 5.91 Å². The zero-order chi connectivity index (χ0) is 16.9. The van der Waals surface area contributed by atoms with Crippen molar-refractivity contribution in [3.63, 3.8) is 0 Å². The summed E-state index contributed by atoms with van der Waals surface area (Å²) in [5.41, 5.74) is 2.54. The summed E-state index contributed by atoms with van der Waals surface area (Å²) in [6, 6.07) is 13.3. The monoisotopic (exact) mass is 326 g/mol. The van der Waals surface area contributed by atoms with Crippen LogP contribution in [0, 0.1) is 5.82 Å². The van der Waals surface area contributed by atoms with Crippen LogP contribution < -0.4 is 10.2 Å². The van der Waals surface area contributed by atoms with Gasteiger partial charge in [-0.25, -0.2) is 4.39 Å². The first kappa shape index (κ1) is 16.2. The van der Waals surface area contributed by atoms with Gasteiger partial charge in [-0.05, 0) is 48.7 Å². The van der Waals surface area contributed by atoms with Gasteiger partial charge in [-0.1, -0.05) is 18.2 Å². The molecule has 2 aromatic rings. The third-order valence-electron chi connectivity index (χ3n) is 4.14. The molecule has 0 saturated heterocycles. The van der Waals surface area contributed by atoms with E-state index in [4.69, 9.17) is 0 Å². The van der Waals surface area contributed by atoms with Gasteiger partial charge in [0, 0.05) is 30.8 Å². The van der Waals surface area contributed by atoms with E-state index in [1.165, 1.54) is 29.8 Å². The van der Waals surface area contributed by atoms with Gasteiger partial charge in [-0.2, -0.15) is 0 Å². The van der Waals surface area contributed by atoms with Crippen LogP contribution in [0.2, 0.25) is 0 Å². The van der Waals surface area contributed by atoms with Crippen LogP contribution >= 0.6 is 0 Å². The van der Waals surface area contributed by atoms with Crippen molar-refractivity contribution in [2.45, 2.75) is 19.3 Å². The van der Waals surface area contributed by atoms with Crippen LogP contribution in [-0.2, 0) is 11.2 Å². The van der Waals surface area contributed by atoms with Gasteiger partial charge in [0.25, 0.3) is 5.91 Å². The Morgan fingerprint density at radius 1 is 1.08 bits per heavy atom. The summed E-state index contributed by atoms with van der Waals surface area (Å²) in [7, 11) is 0. The molecule has 2 amide bonds. The number of benzene rings is 2. The van der Waals surface area contributed by atoms with Gasteiger partial charge in [0.15, 0.2) is 0 Å². The summed E-state index contributed by atoms with van der Waals surface area (Å²) >= 11 is 0. The number of carbonyl (C=O) groups is 2. The number of fused-ring (bicyclic) bond motifs is 1. The Balaban J connectivity index is 1.55. The highest BCUT2D eigenvalue weighted by Gasteiger charge is 2.21. The highest BCUT2D eigenvalue weighted by Crippen LogP contribution is 2.26. The Morgan fingerprint density at radius 2 is 1.83 bits per heavy atom. The number of nitrogens with one attached hydrogen (secondary N) is 1. The lowest BCUT2D eigenvalue weighted by atomic mass is 10.0. The van der Waals surface area contributed by atoms with Crippen molar-refractivity contribution in [2.75, 3.05) is 18.0 Å². The van der Waals surface area contributed by atoms with Gasteiger partial charge in [0.05, 0.1) is 0 Å². The summed E-state index contributed by atoms with van der Waals surface area (Å²) < 4.78 is 12.9. The lowest BCUT2D eigenvalue weighted by Crippen LogP contribution is -2.37. The SMILES string of the molecule is O=C(NCCC(=O)N1CCCc2ccccc21)c1ccc(F)cc1. The molecule has 1 N–H and O–H groups in total. The number of aryl methyl sites for hydroxylation is 1. The lowest BCUT2D eigenvalue weighted by molar-refractivity contribution is -0.118. The second-order valence-electron chi connectivity index (χ2n) is 5.79. The Kier molecular flexibility index (Phi) is 4.89. The summed E-state index contributed by atoms with van der Waals surface area (Å²) in [6.45, 7) is 0.968. The van der Waals surface area contributed by atoms with Crippen molar-refractivity contribution in [1.29, 1.82) is 0 Å². The van der Waals surface area contributed by atoms with Gasteiger partial charge >= 0.3 is 0 Å². The molecule has 0 atom stereocenters. The predicted molar refractivity (Wildman–Crippen MR) is 90.5 cm³/mol. The average Bonchev–Trinajstić information content (AvgIpc) is 2.61. The minimum absolute atomic E-state index is 0.00144. The summed E-state index contributed by atoms with van der Waals surface area (Å²) in [5.74, 6) is -0.686. The number of amides is 2. The molecule has 0 aliphatic carbocycles. The molecule has 0 unspecified atom stereocenters. The molecule has 5 heteroatoms. The lowest BCUT2D eigenvalue weighted by Gasteiger charge is -2.29. The molecule has 24 heavy (non-hydrogen) atoms. The van der Waals surface area contributed by atoms with Crippen molar-refractivity contribution < 1.29 is 14.0 Å². The molecule has 3 rings (SSSR count). The largest absolute Gasteiger partial charge is 0.352 e. The van der Waals surface area contributed by atoms with Crippen molar-refractivity contribution >= 4 is 17.5 Å². The minimum Gasteiger partial charge on any atom is -0.352 e. The maximum Gasteiger partial charge on any atom is 0.251 e. The zero-order valence-corrected chi connectivity index (χ0v) is 13.3. The first-order valence-corrected chi connectivity index (χ1v) is 8.07. The zero-order valence-electron chi connectivity index (χ0n) is 13.3. The molecular formula is C19H19FN2O2. The molecule has 2 aromatic carbocycles. The minimum atomic E-state index is -0.384. The second-order valence-corrected chi connectivity index (χ2v) is 5.79. The molecular weight excluding hydrogens is 307 g/mol. The van der Waals surface area contributed by atoms with E-state index in [1.54, 1.807) is 4.90 Å². The standard InChI is InChI=1S/C19H19FN2O2/c20-16-9-7-15(8-10-16)19(24)21-12-11-18(23)22-13-3-5-14-4-1-2-6-17(14)22/h1-2,4,6-10H,3,5,11-13H2,(H,21,24). The van der Waals surface area contributed by atoms with Crippen LogP contribution in [0.1, 0.15) is 28.8 Å². The van der Waals surface area contributed by atoms with E-state index in [2.05, 4.69) is 5.32 Å². The predicted octanol–water partition coefficient (Wildman–Crippen LogP) is 2.93. The number of hydrogen-bond donors (Lipinski definition) is 1. The highest BCUT2D eigenvalue weighted by atomic mass is 19.1. The number of hydrogen-bond acceptors (Lipinski definition) is 2. The maximum atomic E-state index is 12.9. The molecule has 1 aliphatic heterocycles. The van der Waals surface area contributed by atoms with Crippen molar-refractivity contribution in [3.05, 3.63) is 65.5 Å². The molecule has 0 bridgehead atoms. The Bertz CT molecular complexity index is 743. The molecule has 1 heterocycles. The number of nitrogens with zero attached hydrogens (tertiary/aromatic N) is 1. The molecule has 1 aliphatic rings. The Morgan fingerprint density at radius 3 is 2.62 bits per heavy atom. The summed E-state index contributed by atoms with van der Waals surface area (Å²) in [5, 5.41) is 2.70. The van der Waals surface area contributed by atoms with Crippen LogP contribution in [0.25, 0.3) is 0 Å². The molecule has 124 valence electrons. The molecule has 0 radical (unpaired) electrons. The maximum absolute atomic E-state index is 12.9. The topological polar surface area (TPSA) is 49.4 Å². The van der Waals surface area contributed by atoms with E-state index < -0.39 is 0 Å². The fraction of sp³-hybridized carbons (Fsp3) is 0.263. The Hall–Kier alpha value is -2.69. The Labute approximate surface area is 140 Å². The summed E-state index contributed by atoms with van der Waals surface area (Å²) in [6.07, 6.45) is 2.17. The number of para-hydroxylation sites is 1. The number of anilines is 1. The third-order valence-corrected chi connectivity index (χ3v) is 4.14. The first-order chi connectivity index (χ1) is 11.6. The van der Waals surface area contributed by atoms with Crippen LogP contribution in [0.15, 0.2) is 48.5 Å². The van der Waals surface area contributed by atoms with E-state index >= 15 is 0 Å². The molecule has 0 spiro atoms. The van der Waals surface area contributed by atoms with Crippen molar-refractivity contribution in [1.82, 2.24) is 5.32 Å². The van der Waals surface area contributed by atoms with Gasteiger partial charge < -0.3 is 10.2 Å².